The van der Waals surface area contributed by atoms with E-state index in [-0.39, 0.29) is 36.9 Å². The second-order valence-corrected chi connectivity index (χ2v) is 8.81. The van der Waals surface area contributed by atoms with Crippen LogP contribution in [0.25, 0.3) is 0 Å². The topological polar surface area (TPSA) is 104 Å². The van der Waals surface area contributed by atoms with E-state index in [1.165, 1.54) is 11.0 Å². The number of benzene rings is 2. The molecule has 2 amide bonds. The molecule has 1 saturated heterocycles. The average molecular weight is 466 g/mol. The maximum absolute atomic E-state index is 14.8. The zero-order chi connectivity index (χ0) is 23.7. The van der Waals surface area contributed by atoms with Gasteiger partial charge in [0, 0.05) is 6.42 Å². The predicted molar refractivity (Wildman–Crippen MR) is 118 cm³/mol. The van der Waals surface area contributed by atoms with E-state index in [9.17, 15) is 18.4 Å². The lowest BCUT2D eigenvalue weighted by molar-refractivity contribution is -0.138. The number of carbonyl (C=O) groups excluding carboxylic acids is 2. The SMILES string of the molecule is O=C(NC(c1ccccc1)c1ccc(C2CC2)c(F)c1)C1CC(F)CN1C(=O)Cc1nn[nH]n1. The Morgan fingerprint density at radius 1 is 1.15 bits per heavy atom. The molecule has 3 aromatic rings. The van der Waals surface area contributed by atoms with E-state index < -0.39 is 30.1 Å². The van der Waals surface area contributed by atoms with Gasteiger partial charge in [0.15, 0.2) is 5.82 Å². The quantitative estimate of drug-likeness (QED) is 0.557. The summed E-state index contributed by atoms with van der Waals surface area (Å²) in [6.07, 6.45) is 0.336. The van der Waals surface area contributed by atoms with E-state index in [4.69, 9.17) is 0 Å². The molecule has 2 heterocycles. The normalized spacial score (nSPS) is 20.8. The number of rotatable bonds is 7. The molecule has 1 aromatic heterocycles. The lowest BCUT2D eigenvalue weighted by Crippen LogP contribution is -2.47. The van der Waals surface area contributed by atoms with Crippen LogP contribution in [0.15, 0.2) is 48.5 Å². The van der Waals surface area contributed by atoms with Crippen LogP contribution in [0.2, 0.25) is 0 Å². The van der Waals surface area contributed by atoms with E-state index in [1.807, 2.05) is 36.4 Å². The first-order chi connectivity index (χ1) is 16.5. The van der Waals surface area contributed by atoms with E-state index in [1.54, 1.807) is 6.07 Å². The van der Waals surface area contributed by atoms with Gasteiger partial charge in [-0.1, -0.05) is 47.7 Å². The van der Waals surface area contributed by atoms with Crippen molar-refractivity contribution in [2.45, 2.75) is 49.9 Å². The molecule has 176 valence electrons. The lowest BCUT2D eigenvalue weighted by atomic mass is 9.96. The second-order valence-electron chi connectivity index (χ2n) is 8.81. The van der Waals surface area contributed by atoms with Gasteiger partial charge < -0.3 is 10.2 Å². The summed E-state index contributed by atoms with van der Waals surface area (Å²) in [4.78, 5) is 27.3. The highest BCUT2D eigenvalue weighted by atomic mass is 19.1. The summed E-state index contributed by atoms with van der Waals surface area (Å²) in [5, 5.41) is 16.1. The molecule has 3 unspecified atom stereocenters. The average Bonchev–Trinajstić information content (AvgIpc) is 3.40. The monoisotopic (exact) mass is 466 g/mol. The molecule has 0 spiro atoms. The van der Waals surface area contributed by atoms with E-state index >= 15 is 0 Å². The molecule has 2 N–H and O–H groups in total. The number of carbonyl (C=O) groups is 2. The number of nitrogens with one attached hydrogen (secondary N) is 2. The molecule has 2 fully saturated rings. The zero-order valence-electron chi connectivity index (χ0n) is 18.3. The number of halogens is 2. The Balaban J connectivity index is 1.38. The maximum Gasteiger partial charge on any atom is 0.243 e. The lowest BCUT2D eigenvalue weighted by Gasteiger charge is -2.27. The largest absolute Gasteiger partial charge is 0.343 e. The molecular weight excluding hydrogens is 442 g/mol. The number of aromatic amines is 1. The van der Waals surface area contributed by atoms with Crippen LogP contribution >= 0.6 is 0 Å². The third kappa shape index (κ3) is 4.66. The molecule has 0 bridgehead atoms. The summed E-state index contributed by atoms with van der Waals surface area (Å²) in [7, 11) is 0. The van der Waals surface area contributed by atoms with Crippen LogP contribution in [0.5, 0.6) is 0 Å². The highest BCUT2D eigenvalue weighted by Gasteiger charge is 2.40. The zero-order valence-corrected chi connectivity index (χ0v) is 18.3. The molecule has 1 aliphatic carbocycles. The van der Waals surface area contributed by atoms with Crippen LogP contribution in [0, 0.1) is 5.82 Å². The Kier molecular flexibility index (Phi) is 6.04. The third-order valence-corrected chi connectivity index (χ3v) is 6.37. The number of amides is 2. The van der Waals surface area contributed by atoms with Crippen molar-refractivity contribution in [1.29, 1.82) is 0 Å². The Hall–Kier alpha value is -3.69. The summed E-state index contributed by atoms with van der Waals surface area (Å²) in [5.41, 5.74) is 2.03. The van der Waals surface area contributed by atoms with Crippen LogP contribution < -0.4 is 5.32 Å². The van der Waals surface area contributed by atoms with Crippen molar-refractivity contribution < 1.29 is 18.4 Å². The van der Waals surface area contributed by atoms with E-state index in [2.05, 4.69) is 25.9 Å². The van der Waals surface area contributed by atoms with Gasteiger partial charge >= 0.3 is 0 Å². The van der Waals surface area contributed by atoms with E-state index in [0.29, 0.717) is 11.1 Å². The highest BCUT2D eigenvalue weighted by Crippen LogP contribution is 2.42. The molecular formula is C24H24F2N6O2. The molecule has 1 saturated carbocycles. The van der Waals surface area contributed by atoms with Gasteiger partial charge in [0.25, 0.3) is 0 Å². The minimum absolute atomic E-state index is 0.111. The number of H-pyrrole nitrogens is 1. The summed E-state index contributed by atoms with van der Waals surface area (Å²) in [6, 6.07) is 12.6. The Morgan fingerprint density at radius 3 is 2.62 bits per heavy atom. The number of hydrogen-bond acceptors (Lipinski definition) is 5. The van der Waals surface area contributed by atoms with Crippen molar-refractivity contribution in [1.82, 2.24) is 30.8 Å². The van der Waals surface area contributed by atoms with Crippen LogP contribution in [-0.2, 0) is 16.0 Å². The molecule has 2 aromatic carbocycles. The van der Waals surface area contributed by atoms with Gasteiger partial charge in [-0.25, -0.2) is 8.78 Å². The fourth-order valence-corrected chi connectivity index (χ4v) is 4.49. The minimum Gasteiger partial charge on any atom is -0.343 e. The highest BCUT2D eigenvalue weighted by molar-refractivity contribution is 5.89. The summed E-state index contributed by atoms with van der Waals surface area (Å²) in [6.45, 7) is -0.185. The standard InChI is InChI=1S/C24H24F2N6O2/c25-17-11-20(32(13-17)22(33)12-21-28-30-31-29-21)24(34)27-23(15-4-2-1-3-5-15)16-8-9-18(14-6-7-14)19(26)10-16/h1-5,8-10,14,17,20,23H,6-7,11-13H2,(H,27,34)(H,28,29,30,31). The number of aromatic nitrogens is 4. The molecule has 10 heteroatoms. The third-order valence-electron chi connectivity index (χ3n) is 6.37. The van der Waals surface area contributed by atoms with Crippen molar-refractivity contribution in [2.75, 3.05) is 6.54 Å². The van der Waals surface area contributed by atoms with Crippen molar-refractivity contribution in [3.05, 3.63) is 76.9 Å². The smallest absolute Gasteiger partial charge is 0.243 e. The van der Waals surface area contributed by atoms with Gasteiger partial charge in [-0.05, 0) is 41.5 Å². The Bertz CT molecular complexity index is 1170. The minimum atomic E-state index is -1.32. The van der Waals surface area contributed by atoms with E-state index in [0.717, 1.165) is 18.4 Å². The second kappa shape index (κ2) is 9.28. The molecule has 2 aliphatic rings. The molecule has 3 atom stereocenters. The Labute approximate surface area is 194 Å². The van der Waals surface area contributed by atoms with Crippen LogP contribution in [-0.4, -0.2) is 56.1 Å². The van der Waals surface area contributed by atoms with Gasteiger partial charge in [0.05, 0.1) is 19.0 Å². The first-order valence-corrected chi connectivity index (χ1v) is 11.3. The summed E-state index contributed by atoms with van der Waals surface area (Å²) in [5.74, 6) is -0.825. The predicted octanol–water partition coefficient (Wildman–Crippen LogP) is 2.60. The maximum atomic E-state index is 14.8. The van der Waals surface area contributed by atoms with Gasteiger partial charge in [0.2, 0.25) is 11.8 Å². The van der Waals surface area contributed by atoms with Crippen molar-refractivity contribution >= 4 is 11.8 Å². The van der Waals surface area contributed by atoms with Crippen molar-refractivity contribution in [3.63, 3.8) is 0 Å². The fraction of sp³-hybridized carbons (Fsp3) is 0.375. The van der Waals surface area contributed by atoms with Crippen LogP contribution in [0.1, 0.15) is 53.7 Å². The molecule has 34 heavy (non-hydrogen) atoms. The van der Waals surface area contributed by atoms with Crippen LogP contribution in [0.4, 0.5) is 8.78 Å². The number of nitrogens with zero attached hydrogens (tertiary/aromatic N) is 4. The van der Waals surface area contributed by atoms with Gasteiger partial charge in [-0.15, -0.1) is 10.2 Å². The van der Waals surface area contributed by atoms with Crippen molar-refractivity contribution in [2.24, 2.45) is 0 Å². The molecule has 8 nitrogen and oxygen atoms in total. The van der Waals surface area contributed by atoms with Gasteiger partial charge in [0.1, 0.15) is 18.0 Å². The number of likely N-dealkylation sites (tertiary alicyclic amines) is 1. The Morgan fingerprint density at radius 2 is 1.94 bits per heavy atom. The molecule has 1 aliphatic heterocycles. The molecule has 5 rings (SSSR count). The fourth-order valence-electron chi connectivity index (χ4n) is 4.49. The number of hydrogen-bond donors (Lipinski definition) is 2. The molecule has 0 radical (unpaired) electrons. The van der Waals surface area contributed by atoms with Gasteiger partial charge in [-0.2, -0.15) is 5.21 Å². The first-order valence-electron chi connectivity index (χ1n) is 11.3. The number of alkyl halides is 1. The summed E-state index contributed by atoms with van der Waals surface area (Å²) < 4.78 is 29.1. The van der Waals surface area contributed by atoms with Crippen molar-refractivity contribution in [3.8, 4) is 0 Å². The van der Waals surface area contributed by atoms with Gasteiger partial charge in [-0.3, -0.25) is 9.59 Å². The number of tetrazole rings is 1. The first kappa shape index (κ1) is 22.1. The van der Waals surface area contributed by atoms with Crippen LogP contribution in [0.3, 0.4) is 0 Å². The summed E-state index contributed by atoms with van der Waals surface area (Å²) >= 11 is 0.